The minimum atomic E-state index is -0.427. The van der Waals surface area contributed by atoms with Gasteiger partial charge in [-0.2, -0.15) is 5.10 Å². The van der Waals surface area contributed by atoms with Crippen molar-refractivity contribution in [2.24, 2.45) is 5.10 Å². The molecule has 1 heterocycles. The first-order valence-corrected chi connectivity index (χ1v) is 8.88. The molecule has 0 atom stereocenters. The average molecular weight is 395 g/mol. The molecular weight excluding hydrogens is 374 g/mol. The van der Waals surface area contributed by atoms with E-state index >= 15 is 0 Å². The third-order valence-electron chi connectivity index (χ3n) is 4.06. The first-order valence-electron chi connectivity index (χ1n) is 8.88. The van der Waals surface area contributed by atoms with Gasteiger partial charge >= 0.3 is 0 Å². The van der Waals surface area contributed by atoms with Gasteiger partial charge in [0.25, 0.3) is 11.8 Å². The molecule has 1 aliphatic heterocycles. The van der Waals surface area contributed by atoms with Crippen LogP contribution in [0.15, 0.2) is 60.2 Å². The van der Waals surface area contributed by atoms with Gasteiger partial charge in [0.2, 0.25) is 0 Å². The molecule has 0 bridgehead atoms. The molecule has 29 heavy (non-hydrogen) atoms. The fourth-order valence-corrected chi connectivity index (χ4v) is 2.72. The number of ether oxygens (including phenoxy) is 3. The monoisotopic (exact) mass is 395 g/mol. The van der Waals surface area contributed by atoms with Crippen molar-refractivity contribution < 1.29 is 23.8 Å². The maximum Gasteiger partial charge on any atom is 0.265 e. The zero-order chi connectivity index (χ0) is 20.6. The molecule has 1 N–H and O–H groups in total. The van der Waals surface area contributed by atoms with Crippen LogP contribution in [0.3, 0.4) is 0 Å². The summed E-state index contributed by atoms with van der Waals surface area (Å²) >= 11 is 0. The first kappa shape index (κ1) is 19.9. The molecule has 0 saturated carbocycles. The van der Waals surface area contributed by atoms with Crippen LogP contribution in [0.25, 0.3) is 0 Å². The number of hydrogen-bond donors (Lipinski definition) is 1. The normalized spacial score (nSPS) is 12.9. The summed E-state index contributed by atoms with van der Waals surface area (Å²) in [4.78, 5) is 25.7. The number of amides is 2. The summed E-state index contributed by atoms with van der Waals surface area (Å²) in [5.74, 6) is 0.969. The number of nitrogens with zero attached hydrogens (tertiary/aromatic N) is 2. The van der Waals surface area contributed by atoms with Crippen LogP contribution in [0, 0.1) is 0 Å². The second-order valence-corrected chi connectivity index (χ2v) is 6.04. The molecule has 0 fully saturated rings. The van der Waals surface area contributed by atoms with Crippen molar-refractivity contribution in [3.05, 3.63) is 60.7 Å². The van der Waals surface area contributed by atoms with Gasteiger partial charge in [-0.3, -0.25) is 14.5 Å². The van der Waals surface area contributed by atoms with Crippen molar-refractivity contribution in [2.75, 3.05) is 31.8 Å². The number of methoxy groups -OCH3 is 1. The highest BCUT2D eigenvalue weighted by atomic mass is 16.5. The molecule has 0 aromatic heterocycles. The van der Waals surface area contributed by atoms with Crippen molar-refractivity contribution in [2.45, 2.75) is 0 Å². The van der Waals surface area contributed by atoms with Crippen molar-refractivity contribution >= 4 is 23.7 Å². The van der Waals surface area contributed by atoms with Gasteiger partial charge in [0, 0.05) is 0 Å². The quantitative estimate of drug-likeness (QED) is 0.420. The van der Waals surface area contributed by atoms with E-state index in [1.165, 1.54) is 18.2 Å². The summed E-state index contributed by atoms with van der Waals surface area (Å²) < 4.78 is 16.1. The Morgan fingerprint density at radius 1 is 1.31 bits per heavy atom. The van der Waals surface area contributed by atoms with Gasteiger partial charge in [-0.15, -0.1) is 0 Å². The topological polar surface area (TPSA) is 89.5 Å². The number of carbonyl (C=O) groups is 2. The van der Waals surface area contributed by atoms with E-state index in [0.717, 1.165) is 0 Å². The number of carbonyl (C=O) groups excluding carboxylic acids is 2. The van der Waals surface area contributed by atoms with Crippen LogP contribution in [0.4, 0.5) is 5.69 Å². The fourth-order valence-electron chi connectivity index (χ4n) is 2.72. The number of rotatable bonds is 8. The van der Waals surface area contributed by atoms with Gasteiger partial charge < -0.3 is 14.2 Å². The van der Waals surface area contributed by atoms with Crippen molar-refractivity contribution in [1.82, 2.24) is 5.43 Å². The lowest BCUT2D eigenvalue weighted by Gasteiger charge is -2.28. The summed E-state index contributed by atoms with van der Waals surface area (Å²) in [5, 5.41) is 3.95. The molecule has 3 rings (SSSR count). The Hall–Kier alpha value is -3.81. The molecule has 150 valence electrons. The highest BCUT2D eigenvalue weighted by Gasteiger charge is 2.26. The standard InChI is InChI=1S/C21H21N3O5/c1-3-10-28-18-9-8-15(11-19(18)27-2)12-22-23-20(25)13-24-16-6-4-5-7-17(16)29-14-21(24)26/h3-9,11-12H,1,10,13-14H2,2H3,(H,23,25)/b22-12-. The number of anilines is 1. The van der Waals surface area contributed by atoms with Gasteiger partial charge in [-0.25, -0.2) is 5.43 Å². The molecule has 8 nitrogen and oxygen atoms in total. The van der Waals surface area contributed by atoms with E-state index in [4.69, 9.17) is 14.2 Å². The maximum absolute atomic E-state index is 12.2. The van der Waals surface area contributed by atoms with Gasteiger partial charge in [-0.1, -0.05) is 24.8 Å². The second-order valence-electron chi connectivity index (χ2n) is 6.04. The summed E-state index contributed by atoms with van der Waals surface area (Å²) in [6, 6.07) is 12.3. The summed E-state index contributed by atoms with van der Waals surface area (Å²) in [6.45, 7) is 3.71. The van der Waals surface area contributed by atoms with E-state index in [1.54, 1.807) is 48.5 Å². The van der Waals surface area contributed by atoms with E-state index in [1.807, 2.05) is 0 Å². The van der Waals surface area contributed by atoms with E-state index in [0.29, 0.717) is 35.1 Å². The molecule has 0 aliphatic carbocycles. The fraction of sp³-hybridized carbons (Fsp3) is 0.190. The Labute approximate surface area is 168 Å². The van der Waals surface area contributed by atoms with Gasteiger partial charge in [0.15, 0.2) is 18.1 Å². The smallest absolute Gasteiger partial charge is 0.265 e. The van der Waals surface area contributed by atoms with Gasteiger partial charge in [-0.05, 0) is 35.9 Å². The summed E-state index contributed by atoms with van der Waals surface area (Å²) in [5.41, 5.74) is 3.69. The molecule has 8 heteroatoms. The number of para-hydroxylation sites is 2. The van der Waals surface area contributed by atoms with Crippen molar-refractivity contribution in [3.8, 4) is 17.2 Å². The van der Waals surface area contributed by atoms with E-state index in [-0.39, 0.29) is 19.1 Å². The maximum atomic E-state index is 12.2. The highest BCUT2D eigenvalue weighted by Crippen LogP contribution is 2.31. The Balaban J connectivity index is 1.61. The molecule has 0 radical (unpaired) electrons. The zero-order valence-electron chi connectivity index (χ0n) is 16.0. The van der Waals surface area contributed by atoms with E-state index in [9.17, 15) is 9.59 Å². The predicted molar refractivity (Wildman–Crippen MR) is 109 cm³/mol. The zero-order valence-corrected chi connectivity index (χ0v) is 16.0. The van der Waals surface area contributed by atoms with Gasteiger partial charge in [0.05, 0.1) is 19.0 Å². The molecule has 0 spiro atoms. The molecule has 1 aliphatic rings. The number of nitrogens with one attached hydrogen (secondary N) is 1. The third-order valence-corrected chi connectivity index (χ3v) is 4.06. The minimum Gasteiger partial charge on any atom is -0.493 e. The van der Waals surface area contributed by atoms with Crippen LogP contribution in [0.5, 0.6) is 17.2 Å². The van der Waals surface area contributed by atoms with Crippen molar-refractivity contribution in [3.63, 3.8) is 0 Å². The van der Waals surface area contributed by atoms with Crippen LogP contribution < -0.4 is 24.5 Å². The molecule has 2 amide bonds. The largest absolute Gasteiger partial charge is 0.493 e. The van der Waals surface area contributed by atoms with Crippen molar-refractivity contribution in [1.29, 1.82) is 0 Å². The Morgan fingerprint density at radius 2 is 2.14 bits per heavy atom. The number of hydrazone groups is 1. The molecule has 0 unspecified atom stereocenters. The van der Waals surface area contributed by atoms with Crippen LogP contribution in [0.2, 0.25) is 0 Å². The lowest BCUT2D eigenvalue weighted by molar-refractivity contribution is -0.125. The number of benzene rings is 2. The second kappa shape index (κ2) is 9.41. The molecular formula is C21H21N3O5. The first-order chi connectivity index (χ1) is 14.1. The Kier molecular flexibility index (Phi) is 6.47. The van der Waals surface area contributed by atoms with Crippen LogP contribution in [0.1, 0.15) is 5.56 Å². The van der Waals surface area contributed by atoms with Crippen LogP contribution >= 0.6 is 0 Å². The highest BCUT2D eigenvalue weighted by molar-refractivity contribution is 6.02. The number of fused-ring (bicyclic) bond motifs is 1. The Bertz CT molecular complexity index is 942. The van der Waals surface area contributed by atoms with Crippen LogP contribution in [-0.2, 0) is 9.59 Å². The molecule has 2 aromatic rings. The number of hydrogen-bond acceptors (Lipinski definition) is 6. The molecule has 0 saturated heterocycles. The Morgan fingerprint density at radius 3 is 2.93 bits per heavy atom. The average Bonchev–Trinajstić information content (AvgIpc) is 2.74. The lowest BCUT2D eigenvalue weighted by Crippen LogP contribution is -2.44. The van der Waals surface area contributed by atoms with Gasteiger partial charge in [0.1, 0.15) is 18.9 Å². The lowest BCUT2D eigenvalue weighted by atomic mass is 10.2. The van der Waals surface area contributed by atoms with E-state index < -0.39 is 5.91 Å². The minimum absolute atomic E-state index is 0.104. The summed E-state index contributed by atoms with van der Waals surface area (Å²) in [6.07, 6.45) is 3.12. The predicted octanol–water partition coefficient (Wildman–Crippen LogP) is 2.14. The molecule has 2 aromatic carbocycles. The van der Waals surface area contributed by atoms with Crippen LogP contribution in [-0.4, -0.2) is 44.9 Å². The third kappa shape index (κ3) is 4.92. The SMILES string of the molecule is C=CCOc1ccc(/C=N\NC(=O)CN2C(=O)COc3ccccc32)cc1OC. The summed E-state index contributed by atoms with van der Waals surface area (Å²) in [7, 11) is 1.54. The van der Waals surface area contributed by atoms with E-state index in [2.05, 4.69) is 17.1 Å².